The molecule has 12 aromatic rings. The fourth-order valence-corrected chi connectivity index (χ4v) is 9.87. The molecule has 6 aromatic heterocycles. The number of aromatic carboxylic acids is 1. The maximum Gasteiger partial charge on any atom is 1.00 e. The Kier molecular flexibility index (Phi) is 28.9. The second kappa shape index (κ2) is 37.1. The van der Waals surface area contributed by atoms with Crippen molar-refractivity contribution in [3.05, 3.63) is 236 Å². The molecule has 1 amide bonds. The number of halogens is 1. The minimum atomic E-state index is -3.04. The summed E-state index contributed by atoms with van der Waals surface area (Å²) in [4.78, 5) is 63.6. The number of piperazine rings is 2. The smallest absolute Gasteiger partial charge is 1.00 e. The molecule has 0 aliphatic carbocycles. The summed E-state index contributed by atoms with van der Waals surface area (Å²) in [7, 11) is 1.20. The molecule has 0 saturated carbocycles. The number of aldehydes is 1. The Labute approximate surface area is 592 Å². The second-order valence-corrected chi connectivity index (χ2v) is 21.6. The molecule has 1 unspecified atom stereocenters. The van der Waals surface area contributed by atoms with Crippen LogP contribution in [-0.4, -0.2) is 153 Å². The van der Waals surface area contributed by atoms with Crippen molar-refractivity contribution in [2.75, 3.05) is 66.5 Å². The van der Waals surface area contributed by atoms with Gasteiger partial charge >= 0.3 is 73.3 Å². The zero-order valence-electron chi connectivity index (χ0n) is 52.9. The summed E-state index contributed by atoms with van der Waals surface area (Å²) in [5.74, 6) is -0.836. The molecule has 2 aliphatic rings. The van der Waals surface area contributed by atoms with E-state index in [1.54, 1.807) is 62.3 Å². The third-order valence-corrected chi connectivity index (χ3v) is 15.0. The fourth-order valence-electron chi connectivity index (χ4n) is 9.87. The van der Waals surface area contributed by atoms with Crippen LogP contribution in [0, 0.1) is 11.3 Å². The minimum Gasteiger partial charge on any atom is -1.00 e. The first kappa shape index (κ1) is 73.3. The third kappa shape index (κ3) is 20.0. The van der Waals surface area contributed by atoms with Crippen LogP contribution in [0.15, 0.2) is 220 Å². The largest absolute Gasteiger partial charge is 1.00 e. The molecule has 2 aliphatic heterocycles. The van der Waals surface area contributed by atoms with Gasteiger partial charge < -0.3 is 40.8 Å². The van der Waals surface area contributed by atoms with Crippen molar-refractivity contribution >= 4 is 43.4 Å². The van der Waals surface area contributed by atoms with Gasteiger partial charge in [0.15, 0.2) is 16.9 Å². The Morgan fingerprint density at radius 2 is 0.840 bits per heavy atom. The number of aromatic nitrogens is 9. The summed E-state index contributed by atoms with van der Waals surface area (Å²) in [5, 5.41) is 32.6. The Bertz CT molecular complexity index is 4370. The molecule has 94 heavy (non-hydrogen) atoms. The topological polar surface area (TPSA) is 299 Å². The Hall–Kier alpha value is -8.14. The molecule has 2 fully saturated rings. The monoisotopic (exact) mass is 1320 g/mol. The molecule has 2 saturated heterocycles. The van der Waals surface area contributed by atoms with Gasteiger partial charge in [0, 0.05) is 139 Å². The number of carboxylic acids is 1. The first-order valence-corrected chi connectivity index (χ1v) is 30.4. The fraction of sp³-hybridized carbons (Fsp3) is 0.149. The summed E-state index contributed by atoms with van der Waals surface area (Å²) in [6.45, 7) is 8.14. The summed E-state index contributed by atoms with van der Waals surface area (Å²) < 4.78 is 33.4. The van der Waals surface area contributed by atoms with Gasteiger partial charge in [-0.2, -0.15) is 15.3 Å². The van der Waals surface area contributed by atoms with E-state index >= 15 is 0 Å². The van der Waals surface area contributed by atoms with Crippen LogP contribution in [0.2, 0.25) is 0 Å². The zero-order chi connectivity index (χ0) is 64.8. The molecule has 23 nitrogen and oxygen atoms in total. The number of hydrogen-bond donors (Lipinski definition) is 3. The maximum atomic E-state index is 12.7. The van der Waals surface area contributed by atoms with Crippen molar-refractivity contribution in [1.82, 2.24) is 63.8 Å². The van der Waals surface area contributed by atoms with Crippen molar-refractivity contribution in [3.63, 3.8) is 0 Å². The summed E-state index contributed by atoms with van der Waals surface area (Å²) in [5.41, 5.74) is 16.0. The quantitative estimate of drug-likeness (QED) is 0.0579. The average Bonchev–Trinajstić information content (AvgIpc) is 1.74. The van der Waals surface area contributed by atoms with Crippen LogP contribution in [0.25, 0.3) is 83.7 Å². The number of carbonyl (C=O) groups excluding carboxylic acids is 2. The first-order valence-electron chi connectivity index (χ1n) is 28.7. The Morgan fingerprint density at radius 1 is 0.511 bits per heavy atom. The van der Waals surface area contributed by atoms with Gasteiger partial charge in [-0.15, -0.1) is 0 Å². The number of rotatable bonds is 10. The number of hydrogen-bond acceptors (Lipinski definition) is 18. The second-order valence-electron chi connectivity index (χ2n) is 20.8. The van der Waals surface area contributed by atoms with E-state index in [-0.39, 0.29) is 72.0 Å². The van der Waals surface area contributed by atoms with E-state index in [9.17, 15) is 14.4 Å². The molecule has 14 rings (SSSR count). The van der Waals surface area contributed by atoms with Crippen LogP contribution >= 0.6 is 8.25 Å². The zero-order valence-corrected chi connectivity index (χ0v) is 57.5. The van der Waals surface area contributed by atoms with Crippen LogP contribution in [0.5, 0.6) is 0 Å². The number of amides is 1. The van der Waals surface area contributed by atoms with Gasteiger partial charge in [-0.05, 0) is 76.3 Å². The van der Waals surface area contributed by atoms with Gasteiger partial charge in [-0.1, -0.05) is 140 Å². The third-order valence-electron chi connectivity index (χ3n) is 14.8. The molecule has 1 atom stereocenters. The molecular weight excluding hydrogens is 1260 g/mol. The molecular formula is C67H63ClN13Na2O10P. The molecule has 6 aromatic carbocycles. The van der Waals surface area contributed by atoms with Crippen molar-refractivity contribution in [1.29, 1.82) is 0 Å². The van der Waals surface area contributed by atoms with Gasteiger partial charge in [0.1, 0.15) is 6.29 Å². The van der Waals surface area contributed by atoms with Crippen molar-refractivity contribution in [2.24, 2.45) is 0 Å². The Morgan fingerprint density at radius 3 is 1.15 bits per heavy atom. The predicted octanol–water partition coefficient (Wildman–Crippen LogP) is 1.85. The van der Waals surface area contributed by atoms with E-state index in [1.165, 1.54) is 13.1 Å². The van der Waals surface area contributed by atoms with Crippen LogP contribution < -0.4 is 78.6 Å². The standard InChI is InChI=1S/C24H23N5O.C19H13N3O2.C19H13N3O.C5H12N2.ClO2.2Na.HO4P.H/c1-27-11-13-28(14-12-27)24(30)20-9-7-18(8-10-20)21-15-25-23-22(16-26-29(23)17-21)19-5-3-2-4-6-19;23-19(24)15-8-6-13(7-9-15)16-10-20-18-17(11-21-22(18)12-16)14-4-2-1-3-5-14;23-13-14-6-8-15(9-7-14)17-10-20-19-18(11-21-22(19)12-17)16-4-2-1-3-5-16;1-7-4-2-6-3-5-7;2-1-3;;;1-4-5(2)3;/h2-10,15-17H,11-14H2,1H3;1-12H,(H,23,24);1-13H;6H,2-5H2,1H3;;;;1H;/q;;;;-1;2*+1;;-1. The van der Waals surface area contributed by atoms with E-state index in [4.69, 9.17) is 29.1 Å². The minimum absolute atomic E-state index is 0. The van der Waals surface area contributed by atoms with Gasteiger partial charge in [-0.3, -0.25) is 9.59 Å². The number of nitrogens with zero attached hydrogens (tertiary/aromatic N) is 12. The van der Waals surface area contributed by atoms with Crippen molar-refractivity contribution in [2.45, 2.75) is 0 Å². The molecule has 27 heteroatoms. The molecule has 0 radical (unpaired) electrons. The van der Waals surface area contributed by atoms with Crippen molar-refractivity contribution in [3.8, 4) is 66.8 Å². The average molecular weight is 1320 g/mol. The number of carbonyl (C=O) groups is 3. The normalized spacial score (nSPS) is 12.8. The van der Waals surface area contributed by atoms with Crippen LogP contribution in [0.4, 0.5) is 0 Å². The van der Waals surface area contributed by atoms with Crippen LogP contribution in [0.3, 0.4) is 0 Å². The Balaban J connectivity index is 0.000000201. The molecule has 0 spiro atoms. The molecule has 8 heterocycles. The van der Waals surface area contributed by atoms with E-state index in [1.807, 2.05) is 164 Å². The van der Waals surface area contributed by atoms with E-state index < -0.39 is 25.5 Å². The van der Waals surface area contributed by atoms with Crippen LogP contribution in [-0.2, 0) is 9.24 Å². The van der Waals surface area contributed by atoms with Gasteiger partial charge in [0.05, 0.1) is 35.5 Å². The maximum absolute atomic E-state index is 12.7. The SMILES string of the molecule is CN1CCN(C(=O)c2ccc(-c3cnc4c(-c5ccccc5)cnn4c3)cc2)CC1.CN1CCNCC1.O=C(O)c1ccc(-c2cnc3c(-c4ccccc4)cnn3c2)cc1.O=Cc1ccc(-c2cnc3c(-c4ccccc4)cnn3c2)cc1.O=[P+]([O-])OO.[H-].[Na+].[Na+].[O-][Cl+][O-]. The summed E-state index contributed by atoms with van der Waals surface area (Å²) in [6, 6.07) is 52.1. The summed E-state index contributed by atoms with van der Waals surface area (Å²) in [6.07, 6.45) is 17.6. The van der Waals surface area contributed by atoms with E-state index in [0.29, 0.717) is 5.56 Å². The number of benzene rings is 6. The predicted molar refractivity (Wildman–Crippen MR) is 340 cm³/mol. The summed E-state index contributed by atoms with van der Waals surface area (Å²) >= 11 is -0.417. The van der Waals surface area contributed by atoms with Gasteiger partial charge in [-0.25, -0.2) is 38.5 Å². The van der Waals surface area contributed by atoms with Crippen molar-refractivity contribution < 1.29 is 120 Å². The van der Waals surface area contributed by atoms with Gasteiger partial charge in [0.25, 0.3) is 5.91 Å². The number of fused-ring (bicyclic) bond motifs is 3. The molecule has 470 valence electrons. The number of likely N-dealkylation sites (N-methyl/N-ethyl adjacent to an activating group) is 2. The number of carboxylic acid groups (broad SMARTS) is 1. The number of nitrogens with one attached hydrogen (secondary N) is 1. The van der Waals surface area contributed by atoms with E-state index in [0.717, 1.165) is 135 Å². The van der Waals surface area contributed by atoms with E-state index in [2.05, 4.69) is 76.3 Å². The van der Waals surface area contributed by atoms with Crippen LogP contribution in [0.1, 0.15) is 32.5 Å². The van der Waals surface area contributed by atoms with Gasteiger partial charge in [0.2, 0.25) is 0 Å². The molecule has 3 N–H and O–H groups in total. The first-order chi connectivity index (χ1) is 44.8. The molecule has 0 bridgehead atoms.